The monoisotopic (exact) mass is 272 g/mol. The highest BCUT2D eigenvalue weighted by molar-refractivity contribution is 9.10. The Labute approximate surface area is 99.3 Å². The average Bonchev–Trinajstić information content (AvgIpc) is 2.25. The number of aliphatic hydroxyl groups is 1. The van der Waals surface area contributed by atoms with Gasteiger partial charge in [0.05, 0.1) is 16.8 Å². The maximum Gasteiger partial charge on any atom is 0.0606 e. The van der Waals surface area contributed by atoms with Crippen LogP contribution in [0.2, 0.25) is 0 Å². The first-order chi connectivity index (χ1) is 7.29. The molecule has 0 unspecified atom stereocenters. The van der Waals surface area contributed by atoms with Crippen molar-refractivity contribution in [2.75, 3.05) is 24.6 Å². The second-order valence-corrected chi connectivity index (χ2v) is 4.25. The van der Waals surface area contributed by atoms with Crippen molar-refractivity contribution >= 4 is 21.6 Å². The van der Waals surface area contributed by atoms with Crippen LogP contribution in [0.5, 0.6) is 0 Å². The number of hydrogen-bond acceptors (Lipinski definition) is 3. The van der Waals surface area contributed by atoms with Gasteiger partial charge < -0.3 is 10.0 Å². The number of unbranched alkanes of at least 4 members (excludes halogenated alkanes) is 1. The van der Waals surface area contributed by atoms with Crippen LogP contribution >= 0.6 is 15.9 Å². The van der Waals surface area contributed by atoms with Crippen molar-refractivity contribution < 1.29 is 5.11 Å². The highest BCUT2D eigenvalue weighted by Gasteiger charge is 2.08. The maximum absolute atomic E-state index is 9.02. The van der Waals surface area contributed by atoms with Crippen molar-refractivity contribution in [3.63, 3.8) is 0 Å². The second-order valence-electron chi connectivity index (χ2n) is 3.39. The van der Waals surface area contributed by atoms with Gasteiger partial charge in [-0.15, -0.1) is 0 Å². The van der Waals surface area contributed by atoms with Gasteiger partial charge in [-0.3, -0.25) is 4.98 Å². The van der Waals surface area contributed by atoms with Crippen molar-refractivity contribution in [3.05, 3.63) is 22.9 Å². The molecule has 0 saturated heterocycles. The Hall–Kier alpha value is -0.610. The molecule has 0 aliphatic carbocycles. The summed E-state index contributed by atoms with van der Waals surface area (Å²) in [6.45, 7) is 3.99. The van der Waals surface area contributed by atoms with E-state index in [1.54, 1.807) is 12.4 Å². The molecule has 0 amide bonds. The minimum absolute atomic E-state index is 0.179. The fourth-order valence-corrected chi connectivity index (χ4v) is 1.95. The molecule has 3 nitrogen and oxygen atoms in total. The fourth-order valence-electron chi connectivity index (χ4n) is 1.45. The van der Waals surface area contributed by atoms with Crippen LogP contribution in [0.4, 0.5) is 5.69 Å². The minimum atomic E-state index is 0.179. The summed E-state index contributed by atoms with van der Waals surface area (Å²) in [4.78, 5) is 6.21. The predicted molar refractivity (Wildman–Crippen MR) is 66.1 cm³/mol. The van der Waals surface area contributed by atoms with E-state index in [0.29, 0.717) is 6.54 Å². The molecule has 1 N–H and O–H groups in total. The van der Waals surface area contributed by atoms with E-state index < -0.39 is 0 Å². The number of aliphatic hydroxyl groups excluding tert-OH is 1. The first kappa shape index (κ1) is 12.5. The van der Waals surface area contributed by atoms with Gasteiger partial charge in [0.25, 0.3) is 0 Å². The lowest BCUT2D eigenvalue weighted by atomic mass is 10.3. The third-order valence-corrected chi connectivity index (χ3v) is 2.85. The molecule has 4 heteroatoms. The SMILES string of the molecule is CCCCN(CCO)c1ccncc1Br. The molecule has 0 aromatic carbocycles. The van der Waals surface area contributed by atoms with Crippen molar-refractivity contribution in [1.29, 1.82) is 0 Å². The largest absolute Gasteiger partial charge is 0.395 e. The van der Waals surface area contributed by atoms with Gasteiger partial charge in [0, 0.05) is 25.5 Å². The summed E-state index contributed by atoms with van der Waals surface area (Å²) < 4.78 is 0.981. The zero-order valence-electron chi connectivity index (χ0n) is 8.99. The maximum atomic E-state index is 9.02. The van der Waals surface area contributed by atoms with Crippen LogP contribution in [-0.2, 0) is 0 Å². The Bertz CT molecular complexity index is 294. The van der Waals surface area contributed by atoms with Gasteiger partial charge >= 0.3 is 0 Å². The first-order valence-electron chi connectivity index (χ1n) is 5.25. The van der Waals surface area contributed by atoms with Gasteiger partial charge in [0.1, 0.15) is 0 Å². The number of rotatable bonds is 6. The number of halogens is 1. The molecule has 1 aromatic heterocycles. The van der Waals surface area contributed by atoms with Crippen molar-refractivity contribution in [2.45, 2.75) is 19.8 Å². The van der Waals surface area contributed by atoms with E-state index in [1.165, 1.54) is 0 Å². The normalized spacial score (nSPS) is 10.3. The van der Waals surface area contributed by atoms with Crippen LogP contribution < -0.4 is 4.90 Å². The van der Waals surface area contributed by atoms with Gasteiger partial charge in [0.2, 0.25) is 0 Å². The molecule has 0 aliphatic rings. The molecule has 15 heavy (non-hydrogen) atoms. The van der Waals surface area contributed by atoms with Crippen LogP contribution in [0.3, 0.4) is 0 Å². The number of aromatic nitrogens is 1. The molecule has 0 aliphatic heterocycles. The Morgan fingerprint density at radius 3 is 2.87 bits per heavy atom. The number of hydrogen-bond donors (Lipinski definition) is 1. The summed E-state index contributed by atoms with van der Waals surface area (Å²) >= 11 is 3.47. The molecule has 84 valence electrons. The summed E-state index contributed by atoms with van der Waals surface area (Å²) in [5.74, 6) is 0. The summed E-state index contributed by atoms with van der Waals surface area (Å²) in [7, 11) is 0. The first-order valence-corrected chi connectivity index (χ1v) is 6.04. The second kappa shape index (κ2) is 6.80. The van der Waals surface area contributed by atoms with Crippen LogP contribution in [0.1, 0.15) is 19.8 Å². The van der Waals surface area contributed by atoms with E-state index in [-0.39, 0.29) is 6.61 Å². The fraction of sp³-hybridized carbons (Fsp3) is 0.545. The lowest BCUT2D eigenvalue weighted by molar-refractivity contribution is 0.301. The Balaban J connectivity index is 2.74. The number of anilines is 1. The van der Waals surface area contributed by atoms with Crippen LogP contribution in [-0.4, -0.2) is 29.8 Å². The van der Waals surface area contributed by atoms with Gasteiger partial charge in [-0.25, -0.2) is 0 Å². The summed E-state index contributed by atoms with van der Waals surface area (Å²) in [5, 5.41) is 9.02. The molecule has 0 fully saturated rings. The lowest BCUT2D eigenvalue weighted by Gasteiger charge is -2.24. The van der Waals surface area contributed by atoms with Gasteiger partial charge in [-0.05, 0) is 28.4 Å². The number of pyridine rings is 1. The van der Waals surface area contributed by atoms with Crippen LogP contribution in [0, 0.1) is 0 Å². The molecule has 1 aromatic rings. The van der Waals surface area contributed by atoms with Crippen LogP contribution in [0.25, 0.3) is 0 Å². The van der Waals surface area contributed by atoms with Crippen LogP contribution in [0.15, 0.2) is 22.9 Å². The van der Waals surface area contributed by atoms with E-state index in [2.05, 4.69) is 32.7 Å². The Morgan fingerprint density at radius 2 is 2.27 bits per heavy atom. The summed E-state index contributed by atoms with van der Waals surface area (Å²) in [6, 6.07) is 1.97. The molecule has 0 bridgehead atoms. The zero-order valence-corrected chi connectivity index (χ0v) is 10.6. The lowest BCUT2D eigenvalue weighted by Crippen LogP contribution is -2.28. The quantitative estimate of drug-likeness (QED) is 0.864. The molecular formula is C11H17BrN2O. The predicted octanol–water partition coefficient (Wildman–Crippen LogP) is 2.44. The number of nitrogens with zero attached hydrogens (tertiary/aromatic N) is 2. The Kier molecular flexibility index (Phi) is 5.65. The highest BCUT2D eigenvalue weighted by Crippen LogP contribution is 2.24. The standard InChI is InChI=1S/C11H17BrN2O/c1-2-3-6-14(7-8-15)11-4-5-13-9-10(11)12/h4-5,9,15H,2-3,6-8H2,1H3. The third kappa shape index (κ3) is 3.80. The van der Waals surface area contributed by atoms with Crippen molar-refractivity contribution in [3.8, 4) is 0 Å². The molecule has 0 spiro atoms. The van der Waals surface area contributed by atoms with E-state index in [4.69, 9.17) is 5.11 Å². The van der Waals surface area contributed by atoms with E-state index in [0.717, 1.165) is 29.5 Å². The van der Waals surface area contributed by atoms with Gasteiger partial charge in [-0.1, -0.05) is 13.3 Å². The molecule has 1 heterocycles. The van der Waals surface area contributed by atoms with Crippen molar-refractivity contribution in [2.24, 2.45) is 0 Å². The average molecular weight is 273 g/mol. The van der Waals surface area contributed by atoms with E-state index >= 15 is 0 Å². The van der Waals surface area contributed by atoms with Gasteiger partial charge in [-0.2, -0.15) is 0 Å². The zero-order chi connectivity index (χ0) is 11.1. The molecule has 0 atom stereocenters. The third-order valence-electron chi connectivity index (χ3n) is 2.24. The van der Waals surface area contributed by atoms with E-state index in [9.17, 15) is 0 Å². The van der Waals surface area contributed by atoms with Crippen molar-refractivity contribution in [1.82, 2.24) is 4.98 Å². The highest BCUT2D eigenvalue weighted by atomic mass is 79.9. The molecular weight excluding hydrogens is 256 g/mol. The van der Waals surface area contributed by atoms with Gasteiger partial charge in [0.15, 0.2) is 0 Å². The molecule has 1 rings (SSSR count). The topological polar surface area (TPSA) is 36.4 Å². The summed E-state index contributed by atoms with van der Waals surface area (Å²) in [5.41, 5.74) is 1.10. The molecule has 0 radical (unpaired) electrons. The van der Waals surface area contributed by atoms with E-state index in [1.807, 2.05) is 6.07 Å². The smallest absolute Gasteiger partial charge is 0.0606 e. The minimum Gasteiger partial charge on any atom is -0.395 e. The molecule has 0 saturated carbocycles. The Morgan fingerprint density at radius 1 is 1.47 bits per heavy atom. The summed E-state index contributed by atoms with van der Waals surface area (Å²) in [6.07, 6.45) is 5.85.